The number of carbonyl (C=O) groups is 1. The fourth-order valence-corrected chi connectivity index (χ4v) is 3.36. The first-order valence-electron chi connectivity index (χ1n) is 10.7. The normalized spacial score (nSPS) is 15.3. The maximum Gasteiger partial charge on any atom is 0.222 e. The number of aryl methyl sites for hydroxylation is 1. The Hall–Kier alpha value is -2.24. The van der Waals surface area contributed by atoms with E-state index in [-0.39, 0.29) is 0 Å². The zero-order valence-corrected chi connectivity index (χ0v) is 17.5. The first-order chi connectivity index (χ1) is 13.7. The monoisotopic (exact) mass is 388 g/mol. The van der Waals surface area contributed by atoms with Crippen molar-refractivity contribution in [3.63, 3.8) is 0 Å². The van der Waals surface area contributed by atoms with E-state index in [0.29, 0.717) is 12.3 Å². The number of benzene rings is 1. The summed E-state index contributed by atoms with van der Waals surface area (Å²) >= 11 is 0. The van der Waals surface area contributed by atoms with Gasteiger partial charge in [0, 0.05) is 39.1 Å². The Morgan fingerprint density at radius 3 is 2.71 bits per heavy atom. The molecule has 1 heterocycles. The van der Waals surface area contributed by atoms with Gasteiger partial charge in [0.25, 0.3) is 0 Å². The number of hydrogen-bond donors (Lipinski definition) is 2. The summed E-state index contributed by atoms with van der Waals surface area (Å²) in [7, 11) is 1.69. The molecule has 2 rings (SSSR count). The van der Waals surface area contributed by atoms with Crippen LogP contribution in [0.15, 0.2) is 29.3 Å². The van der Waals surface area contributed by atoms with Crippen molar-refractivity contribution >= 4 is 11.9 Å². The number of rotatable bonds is 10. The van der Waals surface area contributed by atoms with Gasteiger partial charge < -0.3 is 20.3 Å². The predicted octanol–water partition coefficient (Wildman–Crippen LogP) is 2.98. The van der Waals surface area contributed by atoms with Crippen molar-refractivity contribution < 1.29 is 9.53 Å². The SMILES string of the molecule is CCNC(=NCCCN1CCCCCC1=O)NCCCc1ccc(OC)cc1. The van der Waals surface area contributed by atoms with Gasteiger partial charge in [-0.1, -0.05) is 18.6 Å². The van der Waals surface area contributed by atoms with Crippen LogP contribution < -0.4 is 15.4 Å². The van der Waals surface area contributed by atoms with Crippen molar-refractivity contribution in [2.24, 2.45) is 4.99 Å². The number of ether oxygens (including phenoxy) is 1. The molecular formula is C22H36N4O2. The molecule has 6 nitrogen and oxygen atoms in total. The molecule has 0 unspecified atom stereocenters. The van der Waals surface area contributed by atoms with Crippen molar-refractivity contribution in [1.82, 2.24) is 15.5 Å². The van der Waals surface area contributed by atoms with E-state index in [0.717, 1.165) is 76.5 Å². The minimum absolute atomic E-state index is 0.310. The number of amides is 1. The standard InChI is InChI=1S/C22H36N4O2/c1-3-23-22(24-15-7-9-19-11-13-20(28-2)14-12-19)25-16-8-18-26-17-6-4-5-10-21(26)27/h11-14H,3-10,15-18H2,1-2H3,(H2,23,24,25). The number of carbonyl (C=O) groups excluding carboxylic acids is 1. The molecular weight excluding hydrogens is 352 g/mol. The Labute approximate surface area is 169 Å². The van der Waals surface area contributed by atoms with Crippen LogP contribution in [0.1, 0.15) is 51.0 Å². The molecule has 1 amide bonds. The molecule has 1 aliphatic heterocycles. The molecule has 0 spiro atoms. The number of methoxy groups -OCH3 is 1. The number of likely N-dealkylation sites (tertiary alicyclic amines) is 1. The number of nitrogens with one attached hydrogen (secondary N) is 2. The van der Waals surface area contributed by atoms with E-state index in [1.807, 2.05) is 17.0 Å². The van der Waals surface area contributed by atoms with Gasteiger partial charge in [-0.15, -0.1) is 0 Å². The van der Waals surface area contributed by atoms with Gasteiger partial charge in [0.1, 0.15) is 5.75 Å². The quantitative estimate of drug-likeness (QED) is 0.367. The summed E-state index contributed by atoms with van der Waals surface area (Å²) in [4.78, 5) is 18.7. The summed E-state index contributed by atoms with van der Waals surface area (Å²) in [6.45, 7) is 6.25. The van der Waals surface area contributed by atoms with E-state index in [1.165, 1.54) is 12.0 Å². The average Bonchev–Trinajstić information content (AvgIpc) is 2.93. The van der Waals surface area contributed by atoms with Crippen molar-refractivity contribution in [2.45, 2.75) is 51.9 Å². The second-order valence-corrected chi connectivity index (χ2v) is 7.18. The third-order valence-corrected chi connectivity index (χ3v) is 4.97. The summed E-state index contributed by atoms with van der Waals surface area (Å²) in [6.07, 6.45) is 7.03. The molecule has 6 heteroatoms. The fourth-order valence-electron chi connectivity index (χ4n) is 3.36. The van der Waals surface area contributed by atoms with Gasteiger partial charge in [-0.2, -0.15) is 0 Å². The van der Waals surface area contributed by atoms with E-state index in [1.54, 1.807) is 7.11 Å². The van der Waals surface area contributed by atoms with Crippen LogP contribution in [0.4, 0.5) is 0 Å². The Morgan fingerprint density at radius 1 is 1.14 bits per heavy atom. The van der Waals surface area contributed by atoms with Crippen LogP contribution in [-0.2, 0) is 11.2 Å². The molecule has 1 aromatic rings. The molecule has 0 bridgehead atoms. The molecule has 1 saturated heterocycles. The number of aliphatic imine (C=N–C) groups is 1. The molecule has 2 N–H and O–H groups in total. The first-order valence-corrected chi connectivity index (χ1v) is 10.7. The summed E-state index contributed by atoms with van der Waals surface area (Å²) < 4.78 is 5.19. The van der Waals surface area contributed by atoms with Crippen LogP contribution in [0, 0.1) is 0 Å². The van der Waals surface area contributed by atoms with Gasteiger partial charge in [-0.05, 0) is 56.7 Å². The van der Waals surface area contributed by atoms with E-state index in [4.69, 9.17) is 4.74 Å². The number of nitrogens with zero attached hydrogens (tertiary/aromatic N) is 2. The van der Waals surface area contributed by atoms with Crippen LogP contribution in [0.25, 0.3) is 0 Å². The molecule has 1 aromatic carbocycles. The second kappa shape index (κ2) is 13.0. The zero-order valence-electron chi connectivity index (χ0n) is 17.5. The highest BCUT2D eigenvalue weighted by molar-refractivity contribution is 5.79. The average molecular weight is 389 g/mol. The molecule has 1 aliphatic rings. The van der Waals surface area contributed by atoms with Crippen LogP contribution >= 0.6 is 0 Å². The largest absolute Gasteiger partial charge is 0.497 e. The van der Waals surface area contributed by atoms with Crippen molar-refractivity contribution in [2.75, 3.05) is 39.8 Å². The highest BCUT2D eigenvalue weighted by atomic mass is 16.5. The van der Waals surface area contributed by atoms with Crippen LogP contribution in [-0.4, -0.2) is 56.6 Å². The van der Waals surface area contributed by atoms with E-state index < -0.39 is 0 Å². The number of hydrogen-bond acceptors (Lipinski definition) is 3. The third kappa shape index (κ3) is 8.19. The Balaban J connectivity index is 1.67. The smallest absolute Gasteiger partial charge is 0.222 e. The minimum Gasteiger partial charge on any atom is -0.497 e. The molecule has 0 atom stereocenters. The second-order valence-electron chi connectivity index (χ2n) is 7.18. The predicted molar refractivity (Wildman–Crippen MR) is 115 cm³/mol. The molecule has 28 heavy (non-hydrogen) atoms. The Bertz CT molecular complexity index is 601. The molecule has 1 fully saturated rings. The lowest BCUT2D eigenvalue weighted by Crippen LogP contribution is -2.38. The lowest BCUT2D eigenvalue weighted by atomic mass is 10.1. The van der Waals surface area contributed by atoms with Crippen LogP contribution in [0.3, 0.4) is 0 Å². The Kier molecular flexibility index (Phi) is 10.3. The zero-order chi connectivity index (χ0) is 20.0. The van der Waals surface area contributed by atoms with Gasteiger partial charge in [0.05, 0.1) is 7.11 Å². The van der Waals surface area contributed by atoms with Crippen molar-refractivity contribution in [1.29, 1.82) is 0 Å². The fraction of sp³-hybridized carbons (Fsp3) is 0.636. The first kappa shape index (κ1) is 22.1. The highest BCUT2D eigenvalue weighted by Gasteiger charge is 2.15. The Morgan fingerprint density at radius 2 is 1.96 bits per heavy atom. The van der Waals surface area contributed by atoms with Gasteiger partial charge in [0.15, 0.2) is 5.96 Å². The minimum atomic E-state index is 0.310. The third-order valence-electron chi connectivity index (χ3n) is 4.97. The summed E-state index contributed by atoms with van der Waals surface area (Å²) in [5.74, 6) is 2.06. The maximum atomic E-state index is 12.0. The summed E-state index contributed by atoms with van der Waals surface area (Å²) in [5.41, 5.74) is 1.31. The number of guanidine groups is 1. The van der Waals surface area contributed by atoms with Gasteiger partial charge in [0.2, 0.25) is 5.91 Å². The topological polar surface area (TPSA) is 66.0 Å². The van der Waals surface area contributed by atoms with Gasteiger partial charge >= 0.3 is 0 Å². The van der Waals surface area contributed by atoms with E-state index in [9.17, 15) is 4.79 Å². The molecule has 156 valence electrons. The summed E-state index contributed by atoms with van der Waals surface area (Å²) in [5, 5.41) is 6.70. The van der Waals surface area contributed by atoms with Crippen LogP contribution in [0.2, 0.25) is 0 Å². The van der Waals surface area contributed by atoms with E-state index >= 15 is 0 Å². The molecule has 0 aromatic heterocycles. The molecule has 0 aliphatic carbocycles. The van der Waals surface area contributed by atoms with Crippen molar-refractivity contribution in [3.05, 3.63) is 29.8 Å². The highest BCUT2D eigenvalue weighted by Crippen LogP contribution is 2.12. The van der Waals surface area contributed by atoms with Gasteiger partial charge in [-0.25, -0.2) is 0 Å². The lowest BCUT2D eigenvalue weighted by molar-refractivity contribution is -0.130. The lowest BCUT2D eigenvalue weighted by Gasteiger charge is -2.20. The van der Waals surface area contributed by atoms with E-state index in [2.05, 4.69) is 34.7 Å². The summed E-state index contributed by atoms with van der Waals surface area (Å²) in [6, 6.07) is 8.23. The molecule has 0 saturated carbocycles. The van der Waals surface area contributed by atoms with Gasteiger partial charge in [-0.3, -0.25) is 9.79 Å². The van der Waals surface area contributed by atoms with Crippen molar-refractivity contribution in [3.8, 4) is 5.75 Å². The molecule has 0 radical (unpaired) electrons. The maximum absolute atomic E-state index is 12.0. The van der Waals surface area contributed by atoms with Crippen LogP contribution in [0.5, 0.6) is 5.75 Å².